The molecule has 0 unspecified atom stereocenters. The molecule has 0 fully saturated rings. The lowest BCUT2D eigenvalue weighted by Gasteiger charge is -2.01. The van der Waals surface area contributed by atoms with Crippen LogP contribution in [-0.4, -0.2) is 29.7 Å². The molecule has 24 heavy (non-hydrogen) atoms. The van der Waals surface area contributed by atoms with E-state index in [4.69, 9.17) is 9.26 Å². The summed E-state index contributed by atoms with van der Waals surface area (Å²) in [6.07, 6.45) is 0.901. The molecule has 7 heteroatoms. The largest absolute Gasteiger partial charge is 0.497 e. The topological polar surface area (TPSA) is 77.3 Å². The van der Waals surface area contributed by atoms with Crippen molar-refractivity contribution in [3.63, 3.8) is 0 Å². The number of ether oxygens (including phenoxy) is 1. The number of amides is 1. The number of nitrogens with zero attached hydrogens (tertiary/aromatic N) is 2. The van der Waals surface area contributed by atoms with Crippen molar-refractivity contribution in [1.29, 1.82) is 0 Å². The van der Waals surface area contributed by atoms with Crippen molar-refractivity contribution in [2.45, 2.75) is 12.8 Å². The molecule has 1 N–H and O–H groups in total. The van der Waals surface area contributed by atoms with Crippen molar-refractivity contribution in [3.8, 4) is 17.1 Å². The molecule has 0 spiro atoms. The van der Waals surface area contributed by atoms with Crippen LogP contribution in [0, 0.1) is 0 Å². The summed E-state index contributed by atoms with van der Waals surface area (Å²) < 4.78 is 10.3. The maximum absolute atomic E-state index is 11.8. The molecule has 2 aromatic heterocycles. The van der Waals surface area contributed by atoms with Crippen LogP contribution in [0.3, 0.4) is 0 Å². The maximum atomic E-state index is 11.8. The number of methoxy groups -OCH3 is 1. The van der Waals surface area contributed by atoms with E-state index in [0.29, 0.717) is 31.1 Å². The molecule has 1 amide bonds. The molecule has 0 saturated carbocycles. The molecule has 1 aromatic carbocycles. The SMILES string of the molecule is COc1ccc(-c2noc(CCNC(=O)Cc3cccs3)n2)cc1. The number of carbonyl (C=O) groups is 1. The second-order valence-corrected chi connectivity index (χ2v) is 6.13. The smallest absolute Gasteiger partial charge is 0.228 e. The Morgan fingerprint density at radius 1 is 1.29 bits per heavy atom. The van der Waals surface area contributed by atoms with Crippen molar-refractivity contribution in [2.75, 3.05) is 13.7 Å². The summed E-state index contributed by atoms with van der Waals surface area (Å²) in [5.74, 6) is 1.79. The van der Waals surface area contributed by atoms with Crippen LogP contribution >= 0.6 is 11.3 Å². The van der Waals surface area contributed by atoms with E-state index in [1.807, 2.05) is 41.8 Å². The Kier molecular flexibility index (Phi) is 5.22. The van der Waals surface area contributed by atoms with Gasteiger partial charge in [-0.25, -0.2) is 0 Å². The third-order valence-corrected chi connectivity index (χ3v) is 4.27. The fourth-order valence-electron chi connectivity index (χ4n) is 2.16. The van der Waals surface area contributed by atoms with Gasteiger partial charge in [0.1, 0.15) is 5.75 Å². The van der Waals surface area contributed by atoms with E-state index in [1.54, 1.807) is 18.4 Å². The maximum Gasteiger partial charge on any atom is 0.228 e. The van der Waals surface area contributed by atoms with Gasteiger partial charge < -0.3 is 14.6 Å². The summed E-state index contributed by atoms with van der Waals surface area (Å²) in [6.45, 7) is 0.467. The Labute approximate surface area is 143 Å². The van der Waals surface area contributed by atoms with Gasteiger partial charge in [-0.15, -0.1) is 11.3 Å². The summed E-state index contributed by atoms with van der Waals surface area (Å²) in [4.78, 5) is 17.2. The highest BCUT2D eigenvalue weighted by atomic mass is 32.1. The third-order valence-electron chi connectivity index (χ3n) is 3.39. The van der Waals surface area contributed by atoms with Gasteiger partial charge >= 0.3 is 0 Å². The van der Waals surface area contributed by atoms with Crippen LogP contribution in [0.2, 0.25) is 0 Å². The second kappa shape index (κ2) is 7.74. The number of benzene rings is 1. The molecule has 0 atom stereocenters. The molecule has 0 aliphatic rings. The highest BCUT2D eigenvalue weighted by Crippen LogP contribution is 2.19. The minimum Gasteiger partial charge on any atom is -0.497 e. The number of hydrogen-bond acceptors (Lipinski definition) is 6. The van der Waals surface area contributed by atoms with Gasteiger partial charge in [-0.1, -0.05) is 11.2 Å². The molecule has 0 radical (unpaired) electrons. The normalized spacial score (nSPS) is 10.5. The lowest BCUT2D eigenvalue weighted by molar-refractivity contribution is -0.120. The summed E-state index contributed by atoms with van der Waals surface area (Å²) in [5, 5.41) is 8.78. The quantitative estimate of drug-likeness (QED) is 0.714. The number of carbonyl (C=O) groups excluding carboxylic acids is 1. The van der Waals surface area contributed by atoms with Gasteiger partial charge in [0.2, 0.25) is 17.6 Å². The first kappa shape index (κ1) is 16.2. The van der Waals surface area contributed by atoms with E-state index in [9.17, 15) is 4.79 Å². The van der Waals surface area contributed by atoms with Gasteiger partial charge in [0.05, 0.1) is 13.5 Å². The molecule has 3 rings (SSSR count). The van der Waals surface area contributed by atoms with Gasteiger partial charge in [0.15, 0.2) is 0 Å². The molecular formula is C17H17N3O3S. The summed E-state index contributed by atoms with van der Waals surface area (Å²) in [6, 6.07) is 11.3. The van der Waals surface area contributed by atoms with E-state index in [0.717, 1.165) is 16.2 Å². The lowest BCUT2D eigenvalue weighted by Crippen LogP contribution is -2.27. The average molecular weight is 343 g/mol. The van der Waals surface area contributed by atoms with Gasteiger partial charge in [-0.3, -0.25) is 4.79 Å². The molecule has 124 valence electrons. The highest BCUT2D eigenvalue weighted by Gasteiger charge is 2.10. The molecule has 0 aliphatic carbocycles. The minimum atomic E-state index is -0.00709. The molecule has 0 saturated heterocycles. The first-order valence-corrected chi connectivity index (χ1v) is 8.38. The van der Waals surface area contributed by atoms with Crippen molar-refractivity contribution in [1.82, 2.24) is 15.5 Å². The lowest BCUT2D eigenvalue weighted by atomic mass is 10.2. The Morgan fingerprint density at radius 3 is 2.83 bits per heavy atom. The van der Waals surface area contributed by atoms with Crippen molar-refractivity contribution in [3.05, 3.63) is 52.5 Å². The molecule has 0 aliphatic heterocycles. The zero-order valence-corrected chi connectivity index (χ0v) is 14.0. The van der Waals surface area contributed by atoms with E-state index in [1.165, 1.54) is 0 Å². The monoisotopic (exact) mass is 343 g/mol. The van der Waals surface area contributed by atoms with Crippen molar-refractivity contribution >= 4 is 17.2 Å². The third kappa shape index (κ3) is 4.20. The molecule has 6 nitrogen and oxygen atoms in total. The zero-order chi connectivity index (χ0) is 16.8. The van der Waals surface area contributed by atoms with Crippen LogP contribution in [0.4, 0.5) is 0 Å². The van der Waals surface area contributed by atoms with Crippen LogP contribution in [0.1, 0.15) is 10.8 Å². The van der Waals surface area contributed by atoms with Gasteiger partial charge in [0, 0.05) is 23.4 Å². The van der Waals surface area contributed by atoms with Gasteiger partial charge in [-0.05, 0) is 35.7 Å². The Balaban J connectivity index is 1.49. The van der Waals surface area contributed by atoms with E-state index >= 15 is 0 Å². The molecule has 0 bridgehead atoms. The molecule has 2 heterocycles. The standard InChI is InChI=1S/C17H17N3O3S/c1-22-13-6-4-12(5-7-13)17-19-16(23-20-17)8-9-18-15(21)11-14-3-2-10-24-14/h2-7,10H,8-9,11H2,1H3,(H,18,21). The average Bonchev–Trinajstić information content (AvgIpc) is 3.27. The fourth-order valence-corrected chi connectivity index (χ4v) is 2.86. The van der Waals surface area contributed by atoms with Gasteiger partial charge in [-0.2, -0.15) is 4.98 Å². The number of aromatic nitrogens is 2. The predicted octanol–water partition coefficient (Wildman–Crippen LogP) is 2.71. The highest BCUT2D eigenvalue weighted by molar-refractivity contribution is 7.10. The summed E-state index contributed by atoms with van der Waals surface area (Å²) in [5.41, 5.74) is 0.854. The summed E-state index contributed by atoms with van der Waals surface area (Å²) in [7, 11) is 1.62. The van der Waals surface area contributed by atoms with Gasteiger partial charge in [0.25, 0.3) is 0 Å². The fraction of sp³-hybridized carbons (Fsp3) is 0.235. The van der Waals surface area contributed by atoms with E-state index < -0.39 is 0 Å². The Morgan fingerprint density at radius 2 is 2.12 bits per heavy atom. The predicted molar refractivity (Wildman–Crippen MR) is 91.0 cm³/mol. The number of rotatable bonds is 7. The van der Waals surface area contributed by atoms with Crippen LogP contribution in [0.15, 0.2) is 46.3 Å². The Bertz CT molecular complexity index is 782. The van der Waals surface area contributed by atoms with Crippen LogP contribution in [-0.2, 0) is 17.6 Å². The van der Waals surface area contributed by atoms with E-state index in [-0.39, 0.29) is 5.91 Å². The zero-order valence-electron chi connectivity index (χ0n) is 13.2. The number of nitrogens with one attached hydrogen (secondary N) is 1. The first-order chi connectivity index (χ1) is 11.7. The molecular weight excluding hydrogens is 326 g/mol. The van der Waals surface area contributed by atoms with Crippen molar-refractivity contribution < 1.29 is 14.1 Å². The van der Waals surface area contributed by atoms with E-state index in [2.05, 4.69) is 15.5 Å². The first-order valence-electron chi connectivity index (χ1n) is 7.50. The second-order valence-electron chi connectivity index (χ2n) is 5.10. The van der Waals surface area contributed by atoms with Crippen LogP contribution in [0.25, 0.3) is 11.4 Å². The Hall–Kier alpha value is -2.67. The van der Waals surface area contributed by atoms with Crippen LogP contribution < -0.4 is 10.1 Å². The molecule has 3 aromatic rings. The van der Waals surface area contributed by atoms with Crippen molar-refractivity contribution in [2.24, 2.45) is 0 Å². The summed E-state index contributed by atoms with van der Waals surface area (Å²) >= 11 is 1.57. The number of thiophene rings is 1. The number of hydrogen-bond donors (Lipinski definition) is 1. The minimum absolute atomic E-state index is 0.00709. The van der Waals surface area contributed by atoms with Crippen LogP contribution in [0.5, 0.6) is 5.75 Å².